The highest BCUT2D eigenvalue weighted by Crippen LogP contribution is 2.36. The van der Waals surface area contributed by atoms with Gasteiger partial charge in [-0.2, -0.15) is 5.10 Å². The molecular weight excluding hydrogens is 348 g/mol. The molecule has 3 heterocycles. The molecule has 4 rings (SSSR count). The third-order valence-corrected chi connectivity index (χ3v) is 5.23. The summed E-state index contributed by atoms with van der Waals surface area (Å²) in [6.07, 6.45) is 1.76. The van der Waals surface area contributed by atoms with Gasteiger partial charge in [0.05, 0.1) is 51.1 Å². The molecule has 0 unspecified atom stereocenters. The van der Waals surface area contributed by atoms with Crippen LogP contribution in [-0.2, 0) is 18.3 Å². The van der Waals surface area contributed by atoms with Crippen LogP contribution >= 0.6 is 0 Å². The molecule has 1 aromatic carbocycles. The molecule has 0 N–H and O–H groups in total. The molecule has 144 valence electrons. The van der Waals surface area contributed by atoms with Crippen LogP contribution in [-0.4, -0.2) is 66.3 Å². The molecule has 8 heteroatoms. The van der Waals surface area contributed by atoms with Crippen molar-refractivity contribution in [3.05, 3.63) is 28.7 Å². The van der Waals surface area contributed by atoms with Gasteiger partial charge in [0.25, 0.3) is 5.56 Å². The number of fused-ring (bicyclic) bond motifs is 3. The quantitative estimate of drug-likeness (QED) is 0.671. The predicted molar refractivity (Wildman–Crippen MR) is 103 cm³/mol. The Labute approximate surface area is 156 Å². The minimum Gasteiger partial charge on any atom is -0.497 e. The SMILES string of the molecule is COc1cc(OC)c2c3cnn(CCN4CCOCC4)c(=O)c3n(C)c2c1. The summed E-state index contributed by atoms with van der Waals surface area (Å²) in [5.41, 5.74) is 1.40. The third kappa shape index (κ3) is 3.04. The van der Waals surface area contributed by atoms with Crippen molar-refractivity contribution in [3.63, 3.8) is 0 Å². The van der Waals surface area contributed by atoms with Crippen molar-refractivity contribution in [3.8, 4) is 11.5 Å². The molecule has 1 saturated heterocycles. The van der Waals surface area contributed by atoms with Crippen LogP contribution in [0, 0.1) is 0 Å². The van der Waals surface area contributed by atoms with Gasteiger partial charge in [0, 0.05) is 44.2 Å². The van der Waals surface area contributed by atoms with Crippen LogP contribution in [0.15, 0.2) is 23.1 Å². The van der Waals surface area contributed by atoms with E-state index in [1.807, 2.05) is 23.7 Å². The summed E-state index contributed by atoms with van der Waals surface area (Å²) in [5, 5.41) is 6.09. The minimum atomic E-state index is -0.0968. The van der Waals surface area contributed by atoms with Crippen LogP contribution < -0.4 is 15.0 Å². The summed E-state index contributed by atoms with van der Waals surface area (Å²) in [4.78, 5) is 15.4. The van der Waals surface area contributed by atoms with Gasteiger partial charge in [-0.3, -0.25) is 9.69 Å². The van der Waals surface area contributed by atoms with E-state index in [9.17, 15) is 4.79 Å². The highest BCUT2D eigenvalue weighted by atomic mass is 16.5. The topological polar surface area (TPSA) is 70.8 Å². The predicted octanol–water partition coefficient (Wildman–Crippen LogP) is 1.24. The second-order valence-corrected chi connectivity index (χ2v) is 6.67. The standard InChI is InChI=1S/C19H24N4O4/c1-21-15-10-13(25-2)11-16(26-3)17(15)14-12-20-23(19(24)18(14)21)5-4-22-6-8-27-9-7-22/h10-12H,4-9H2,1-3H3. The molecule has 1 fully saturated rings. The van der Waals surface area contributed by atoms with E-state index in [1.165, 1.54) is 0 Å². The van der Waals surface area contributed by atoms with E-state index in [2.05, 4.69) is 10.00 Å². The molecule has 8 nitrogen and oxygen atoms in total. The lowest BCUT2D eigenvalue weighted by molar-refractivity contribution is 0.0358. The first-order valence-electron chi connectivity index (χ1n) is 9.04. The first-order valence-corrected chi connectivity index (χ1v) is 9.04. The highest BCUT2D eigenvalue weighted by Gasteiger charge is 2.19. The molecule has 0 saturated carbocycles. The number of aromatic nitrogens is 3. The fourth-order valence-electron chi connectivity index (χ4n) is 3.72. The number of benzene rings is 1. The van der Waals surface area contributed by atoms with Crippen molar-refractivity contribution >= 4 is 21.8 Å². The van der Waals surface area contributed by atoms with Crippen molar-refractivity contribution < 1.29 is 14.2 Å². The molecule has 3 aromatic rings. The van der Waals surface area contributed by atoms with Gasteiger partial charge in [0.15, 0.2) is 0 Å². The Balaban J connectivity index is 1.79. The zero-order valence-corrected chi connectivity index (χ0v) is 15.9. The van der Waals surface area contributed by atoms with Crippen molar-refractivity contribution in [2.45, 2.75) is 6.54 Å². The summed E-state index contributed by atoms with van der Waals surface area (Å²) in [6.45, 7) is 4.60. The maximum absolute atomic E-state index is 13.1. The zero-order chi connectivity index (χ0) is 19.0. The lowest BCUT2D eigenvalue weighted by Crippen LogP contribution is -2.39. The Bertz CT molecular complexity index is 1030. The smallest absolute Gasteiger partial charge is 0.291 e. The van der Waals surface area contributed by atoms with E-state index in [0.717, 1.165) is 49.1 Å². The Kier molecular flexibility index (Phi) is 4.75. The maximum Gasteiger partial charge on any atom is 0.291 e. The average Bonchev–Trinajstić information content (AvgIpc) is 3.00. The fraction of sp³-hybridized carbons (Fsp3) is 0.474. The first-order chi connectivity index (χ1) is 13.1. The first kappa shape index (κ1) is 17.8. The number of methoxy groups -OCH3 is 2. The van der Waals surface area contributed by atoms with Crippen molar-refractivity contribution in [1.82, 2.24) is 19.2 Å². The lowest BCUT2D eigenvalue weighted by atomic mass is 10.2. The van der Waals surface area contributed by atoms with Gasteiger partial charge in [0.2, 0.25) is 0 Å². The number of rotatable bonds is 5. The fourth-order valence-corrected chi connectivity index (χ4v) is 3.72. The largest absolute Gasteiger partial charge is 0.497 e. The molecule has 0 bridgehead atoms. The summed E-state index contributed by atoms with van der Waals surface area (Å²) >= 11 is 0. The van der Waals surface area contributed by atoms with E-state index in [-0.39, 0.29) is 5.56 Å². The lowest BCUT2D eigenvalue weighted by Gasteiger charge is -2.26. The number of aryl methyl sites for hydroxylation is 1. The van der Waals surface area contributed by atoms with Gasteiger partial charge >= 0.3 is 0 Å². The van der Waals surface area contributed by atoms with Gasteiger partial charge < -0.3 is 18.8 Å². The van der Waals surface area contributed by atoms with Crippen molar-refractivity contribution in [2.75, 3.05) is 47.1 Å². The number of morpholine rings is 1. The van der Waals surface area contributed by atoms with Crippen LogP contribution in [0.4, 0.5) is 0 Å². The average molecular weight is 372 g/mol. The summed E-state index contributed by atoms with van der Waals surface area (Å²) < 4.78 is 19.7. The Hall–Kier alpha value is -2.58. The Morgan fingerprint density at radius 1 is 1.15 bits per heavy atom. The monoisotopic (exact) mass is 372 g/mol. The molecule has 27 heavy (non-hydrogen) atoms. The molecular formula is C19H24N4O4. The molecule has 1 aliphatic heterocycles. The van der Waals surface area contributed by atoms with E-state index >= 15 is 0 Å². The third-order valence-electron chi connectivity index (χ3n) is 5.23. The van der Waals surface area contributed by atoms with Crippen molar-refractivity contribution in [1.29, 1.82) is 0 Å². The van der Waals surface area contributed by atoms with Gasteiger partial charge in [-0.25, -0.2) is 4.68 Å². The maximum atomic E-state index is 13.1. The minimum absolute atomic E-state index is 0.0968. The summed E-state index contributed by atoms with van der Waals surface area (Å²) in [7, 11) is 5.12. The number of hydrogen-bond donors (Lipinski definition) is 0. The van der Waals surface area contributed by atoms with Crippen LogP contribution in [0.3, 0.4) is 0 Å². The second-order valence-electron chi connectivity index (χ2n) is 6.67. The molecule has 0 atom stereocenters. The molecule has 0 aliphatic carbocycles. The van der Waals surface area contributed by atoms with Crippen molar-refractivity contribution in [2.24, 2.45) is 7.05 Å². The van der Waals surface area contributed by atoms with Gasteiger partial charge in [-0.1, -0.05) is 0 Å². The summed E-state index contributed by atoms with van der Waals surface area (Å²) in [5.74, 6) is 1.35. The van der Waals surface area contributed by atoms with Crippen LogP contribution in [0.25, 0.3) is 21.8 Å². The second kappa shape index (κ2) is 7.21. The van der Waals surface area contributed by atoms with Gasteiger partial charge in [-0.15, -0.1) is 0 Å². The Morgan fingerprint density at radius 2 is 1.93 bits per heavy atom. The van der Waals surface area contributed by atoms with Crippen LogP contribution in [0.1, 0.15) is 0 Å². The van der Waals surface area contributed by atoms with E-state index in [4.69, 9.17) is 14.2 Å². The molecule has 0 spiro atoms. The number of hydrogen-bond acceptors (Lipinski definition) is 6. The number of nitrogens with zero attached hydrogens (tertiary/aromatic N) is 4. The number of ether oxygens (including phenoxy) is 3. The summed E-state index contributed by atoms with van der Waals surface area (Å²) in [6, 6.07) is 3.74. The molecule has 2 aromatic heterocycles. The normalized spacial score (nSPS) is 15.5. The highest BCUT2D eigenvalue weighted by molar-refractivity contribution is 6.11. The van der Waals surface area contributed by atoms with Gasteiger partial charge in [0.1, 0.15) is 17.0 Å². The van der Waals surface area contributed by atoms with Gasteiger partial charge in [-0.05, 0) is 0 Å². The molecule has 0 amide bonds. The molecule has 1 aliphatic rings. The van der Waals surface area contributed by atoms with E-state index < -0.39 is 0 Å². The van der Waals surface area contributed by atoms with Crippen LogP contribution in [0.2, 0.25) is 0 Å². The Morgan fingerprint density at radius 3 is 2.63 bits per heavy atom. The van der Waals surface area contributed by atoms with Crippen LogP contribution in [0.5, 0.6) is 11.5 Å². The van der Waals surface area contributed by atoms with E-state index in [0.29, 0.717) is 23.6 Å². The zero-order valence-electron chi connectivity index (χ0n) is 15.9. The molecule has 0 radical (unpaired) electrons. The van der Waals surface area contributed by atoms with E-state index in [1.54, 1.807) is 25.1 Å².